The second-order valence-electron chi connectivity index (χ2n) is 9.05. The molecule has 0 saturated heterocycles. The predicted molar refractivity (Wildman–Crippen MR) is 121 cm³/mol. The summed E-state index contributed by atoms with van der Waals surface area (Å²) in [7, 11) is -2.65. The van der Waals surface area contributed by atoms with E-state index in [1.165, 1.54) is 10.4 Å². The second-order valence-corrected chi connectivity index (χ2v) is 13.4. The molecule has 2 rings (SSSR count). The molecule has 2 aromatic rings. The number of aliphatic hydroxyl groups excluding tert-OH is 3. The molecule has 0 aromatic heterocycles. The van der Waals surface area contributed by atoms with Gasteiger partial charge in [0.2, 0.25) is 0 Å². The molecule has 0 aliphatic rings. The van der Waals surface area contributed by atoms with Crippen LogP contribution in [0, 0.1) is 11.8 Å². The summed E-state index contributed by atoms with van der Waals surface area (Å²) in [4.78, 5) is 0. The van der Waals surface area contributed by atoms with E-state index in [9.17, 15) is 15.3 Å². The normalized spacial score (nSPS) is 16.8. The van der Waals surface area contributed by atoms with Gasteiger partial charge in [-0.1, -0.05) is 95.3 Å². The lowest BCUT2D eigenvalue weighted by Gasteiger charge is -2.44. The fourth-order valence-corrected chi connectivity index (χ4v) is 8.70. The summed E-state index contributed by atoms with van der Waals surface area (Å²) in [6, 6.07) is 20.8. The Kier molecular flexibility index (Phi) is 8.20. The quantitative estimate of drug-likeness (QED) is 0.550. The van der Waals surface area contributed by atoms with Crippen LogP contribution in [0.25, 0.3) is 0 Å². The van der Waals surface area contributed by atoms with Gasteiger partial charge in [0, 0.05) is 18.4 Å². The van der Waals surface area contributed by atoms with Gasteiger partial charge in [0.15, 0.2) is 0 Å². The first-order valence-corrected chi connectivity index (χ1v) is 12.3. The van der Waals surface area contributed by atoms with Gasteiger partial charge in [0.25, 0.3) is 8.32 Å². The van der Waals surface area contributed by atoms with Gasteiger partial charge in [0.05, 0.1) is 18.8 Å². The zero-order valence-electron chi connectivity index (χ0n) is 18.2. The molecular formula is C24H36O4Si. The molecule has 0 bridgehead atoms. The summed E-state index contributed by atoms with van der Waals surface area (Å²) in [5, 5.41) is 32.1. The minimum atomic E-state index is -2.65. The number of hydrogen-bond acceptors (Lipinski definition) is 4. The number of rotatable bonds is 9. The molecule has 4 atom stereocenters. The fourth-order valence-electron chi connectivity index (χ4n) is 4.03. The highest BCUT2D eigenvalue weighted by Gasteiger charge is 2.50. The van der Waals surface area contributed by atoms with Crippen LogP contribution >= 0.6 is 0 Å². The average molecular weight is 417 g/mol. The minimum Gasteiger partial charge on any atom is -0.407 e. The van der Waals surface area contributed by atoms with Crippen molar-refractivity contribution >= 4 is 18.7 Å². The largest absolute Gasteiger partial charge is 0.407 e. The molecule has 29 heavy (non-hydrogen) atoms. The lowest BCUT2D eigenvalue weighted by Crippen LogP contribution is -2.67. The van der Waals surface area contributed by atoms with Crippen LogP contribution in [0.4, 0.5) is 0 Å². The molecule has 0 aliphatic carbocycles. The average Bonchev–Trinajstić information content (AvgIpc) is 2.72. The Hall–Kier alpha value is -1.50. The molecule has 0 amide bonds. The van der Waals surface area contributed by atoms with Crippen LogP contribution in [-0.2, 0) is 4.43 Å². The smallest absolute Gasteiger partial charge is 0.261 e. The topological polar surface area (TPSA) is 69.9 Å². The van der Waals surface area contributed by atoms with Crippen molar-refractivity contribution in [3.63, 3.8) is 0 Å². The summed E-state index contributed by atoms with van der Waals surface area (Å²) in [5.41, 5.74) is 0. The van der Waals surface area contributed by atoms with Gasteiger partial charge in [0.1, 0.15) is 0 Å². The molecule has 3 N–H and O–H groups in total. The van der Waals surface area contributed by atoms with E-state index in [4.69, 9.17) is 4.43 Å². The maximum absolute atomic E-state index is 10.7. The Morgan fingerprint density at radius 2 is 1.31 bits per heavy atom. The first-order chi connectivity index (χ1) is 13.6. The molecule has 1 unspecified atom stereocenters. The Morgan fingerprint density at radius 3 is 1.69 bits per heavy atom. The molecule has 0 spiro atoms. The van der Waals surface area contributed by atoms with Crippen molar-refractivity contribution < 1.29 is 19.7 Å². The summed E-state index contributed by atoms with van der Waals surface area (Å²) in [5.74, 6) is -0.620. The van der Waals surface area contributed by atoms with Crippen LogP contribution in [0.1, 0.15) is 34.6 Å². The third kappa shape index (κ3) is 5.16. The maximum Gasteiger partial charge on any atom is 0.261 e. The number of benzene rings is 2. The van der Waals surface area contributed by atoms with Crippen molar-refractivity contribution in [3.8, 4) is 0 Å². The highest BCUT2D eigenvalue weighted by Crippen LogP contribution is 2.37. The van der Waals surface area contributed by atoms with Gasteiger partial charge in [-0.05, 0) is 15.4 Å². The second kappa shape index (κ2) is 10.0. The zero-order valence-corrected chi connectivity index (χ0v) is 19.2. The summed E-state index contributed by atoms with van der Waals surface area (Å²) in [6.07, 6.45) is -1.71. The Morgan fingerprint density at radius 1 is 0.862 bits per heavy atom. The lowest BCUT2D eigenvalue weighted by molar-refractivity contribution is -0.0365. The Labute approximate surface area is 176 Å². The van der Waals surface area contributed by atoms with E-state index in [1.807, 2.05) is 43.3 Å². The lowest BCUT2D eigenvalue weighted by atomic mass is 9.90. The molecule has 0 fully saturated rings. The van der Waals surface area contributed by atoms with E-state index in [0.29, 0.717) is 6.61 Å². The highest BCUT2D eigenvalue weighted by molar-refractivity contribution is 6.99. The van der Waals surface area contributed by atoms with Gasteiger partial charge >= 0.3 is 0 Å². The van der Waals surface area contributed by atoms with Gasteiger partial charge in [-0.15, -0.1) is 0 Å². The molecule has 2 aromatic carbocycles. The van der Waals surface area contributed by atoms with Crippen LogP contribution in [0.5, 0.6) is 0 Å². The molecule has 0 heterocycles. The molecule has 160 valence electrons. The van der Waals surface area contributed by atoms with E-state index >= 15 is 0 Å². The van der Waals surface area contributed by atoms with Crippen LogP contribution in [-0.4, -0.2) is 49.1 Å². The molecule has 4 nitrogen and oxygen atoms in total. The summed E-state index contributed by atoms with van der Waals surface area (Å²) < 4.78 is 6.85. The first-order valence-electron chi connectivity index (χ1n) is 10.4. The molecular weight excluding hydrogens is 380 g/mol. The highest BCUT2D eigenvalue weighted by atomic mass is 28.4. The van der Waals surface area contributed by atoms with Crippen molar-refractivity contribution in [2.24, 2.45) is 11.8 Å². The maximum atomic E-state index is 10.7. The summed E-state index contributed by atoms with van der Waals surface area (Å²) in [6.45, 7) is 10.4. The van der Waals surface area contributed by atoms with Crippen molar-refractivity contribution in [3.05, 3.63) is 60.7 Å². The summed E-state index contributed by atoms with van der Waals surface area (Å²) >= 11 is 0. The predicted octanol–water partition coefficient (Wildman–Crippen LogP) is 2.55. The van der Waals surface area contributed by atoms with Crippen molar-refractivity contribution in [2.45, 2.75) is 51.9 Å². The fraction of sp³-hybridized carbons (Fsp3) is 0.500. The molecule has 0 aliphatic heterocycles. The SMILES string of the molecule is C[C@H](CO[Si](c1ccccc1)(c1ccccc1)C(C)(C)C)[C@@H](O)[C@H](C)C(O)CO. The number of aliphatic hydroxyl groups is 3. The van der Waals surface area contributed by atoms with Crippen molar-refractivity contribution in [1.29, 1.82) is 0 Å². The van der Waals surface area contributed by atoms with Gasteiger partial charge < -0.3 is 19.7 Å². The standard InChI is InChI=1S/C24H36O4Si/c1-18(23(27)19(2)22(26)16-25)17-28-29(24(3,4)5,20-12-8-6-9-13-20)21-14-10-7-11-15-21/h6-15,18-19,22-23,25-27H,16-17H2,1-5H3/t18-,19-,22?,23-/m1/s1. The van der Waals surface area contributed by atoms with E-state index < -0.39 is 26.4 Å². The van der Waals surface area contributed by atoms with Crippen LogP contribution in [0.2, 0.25) is 5.04 Å². The van der Waals surface area contributed by atoms with Crippen LogP contribution in [0.15, 0.2) is 60.7 Å². The van der Waals surface area contributed by atoms with Crippen LogP contribution < -0.4 is 10.4 Å². The van der Waals surface area contributed by atoms with Gasteiger partial charge in [-0.3, -0.25) is 0 Å². The first kappa shape index (κ1) is 23.8. The molecule has 5 heteroatoms. The minimum absolute atomic E-state index is 0.128. The third-order valence-corrected chi connectivity index (χ3v) is 10.9. The van der Waals surface area contributed by atoms with Crippen molar-refractivity contribution in [1.82, 2.24) is 0 Å². The third-order valence-electron chi connectivity index (χ3n) is 5.90. The van der Waals surface area contributed by atoms with Crippen molar-refractivity contribution in [2.75, 3.05) is 13.2 Å². The van der Waals surface area contributed by atoms with Gasteiger partial charge in [-0.2, -0.15) is 0 Å². The van der Waals surface area contributed by atoms with Gasteiger partial charge in [-0.25, -0.2) is 0 Å². The van der Waals surface area contributed by atoms with E-state index in [-0.39, 0.29) is 17.6 Å². The number of hydrogen-bond donors (Lipinski definition) is 3. The van der Waals surface area contributed by atoms with Crippen LogP contribution in [0.3, 0.4) is 0 Å². The Bertz CT molecular complexity index is 690. The zero-order chi connectivity index (χ0) is 21.7. The van der Waals surface area contributed by atoms with E-state index in [0.717, 1.165) is 0 Å². The molecule has 0 saturated carbocycles. The van der Waals surface area contributed by atoms with E-state index in [2.05, 4.69) is 45.0 Å². The van der Waals surface area contributed by atoms with E-state index in [1.54, 1.807) is 6.92 Å². The molecule has 0 radical (unpaired) electrons. The Balaban J connectivity index is 2.41. The monoisotopic (exact) mass is 416 g/mol.